The molecule has 0 aliphatic rings. The van der Waals surface area contributed by atoms with Crippen molar-refractivity contribution in [3.05, 3.63) is 101 Å². The molecular formula is C39H47NO3. The topological polar surface area (TPSA) is 56.3 Å². The summed E-state index contributed by atoms with van der Waals surface area (Å²) in [6, 6.07) is 23.9. The quantitative estimate of drug-likeness (QED) is 0.0711. The molecule has 0 amide bonds. The minimum Gasteiger partial charge on any atom is -0.454 e. The average Bonchev–Trinajstić information content (AvgIpc) is 3.03. The van der Waals surface area contributed by atoms with Crippen molar-refractivity contribution in [3.8, 4) is 11.3 Å². The summed E-state index contributed by atoms with van der Waals surface area (Å²) in [7, 11) is 0. The van der Waals surface area contributed by atoms with Crippen LogP contribution in [-0.4, -0.2) is 23.3 Å². The molecule has 3 aromatic carbocycles. The third-order valence-corrected chi connectivity index (χ3v) is 8.18. The molecule has 4 rings (SSSR count). The fourth-order valence-corrected chi connectivity index (χ4v) is 5.51. The van der Waals surface area contributed by atoms with Crippen molar-refractivity contribution < 1.29 is 14.3 Å². The minimum absolute atomic E-state index is 0.206. The zero-order chi connectivity index (χ0) is 30.4. The molecule has 0 N–H and O–H groups in total. The van der Waals surface area contributed by atoms with Crippen LogP contribution in [0.2, 0.25) is 0 Å². The Kier molecular flexibility index (Phi) is 12.5. The highest BCUT2D eigenvalue weighted by molar-refractivity contribution is 6.06. The molecule has 0 aliphatic carbocycles. The Morgan fingerprint density at radius 1 is 0.674 bits per heavy atom. The van der Waals surface area contributed by atoms with E-state index < -0.39 is 5.97 Å². The fourth-order valence-electron chi connectivity index (χ4n) is 5.51. The highest BCUT2D eigenvalue weighted by Gasteiger charge is 2.18. The van der Waals surface area contributed by atoms with E-state index in [1.807, 2.05) is 49.4 Å². The number of benzene rings is 3. The largest absolute Gasteiger partial charge is 0.454 e. The van der Waals surface area contributed by atoms with Crippen LogP contribution in [0.15, 0.2) is 72.8 Å². The number of pyridine rings is 1. The standard InChI is InChI=1S/C39H47NO3/c1-4-6-8-10-12-14-30-17-21-32(22-18-30)37-27-35(34-26-29(3)16-25-36(34)40-37)39(42)43-28-38(41)33-23-19-31(20-24-33)15-13-11-9-7-5-2/h16-27H,4-15,28H2,1-3H3. The number of carbonyl (C=O) groups is 2. The first-order chi connectivity index (χ1) is 21.0. The van der Waals surface area contributed by atoms with Crippen LogP contribution in [-0.2, 0) is 17.6 Å². The van der Waals surface area contributed by atoms with Crippen LogP contribution in [0.4, 0.5) is 0 Å². The third-order valence-electron chi connectivity index (χ3n) is 8.18. The molecule has 4 aromatic rings. The summed E-state index contributed by atoms with van der Waals surface area (Å²) in [4.78, 5) is 31.1. The number of aromatic nitrogens is 1. The Morgan fingerprint density at radius 2 is 1.26 bits per heavy atom. The monoisotopic (exact) mass is 577 g/mol. The lowest BCUT2D eigenvalue weighted by Crippen LogP contribution is -2.15. The van der Waals surface area contributed by atoms with Crippen LogP contribution in [0.25, 0.3) is 22.2 Å². The molecule has 0 bridgehead atoms. The lowest BCUT2D eigenvalue weighted by Gasteiger charge is -2.11. The van der Waals surface area contributed by atoms with Gasteiger partial charge in [-0.2, -0.15) is 0 Å². The van der Waals surface area contributed by atoms with Gasteiger partial charge in [0.25, 0.3) is 0 Å². The van der Waals surface area contributed by atoms with Gasteiger partial charge in [-0.1, -0.05) is 125 Å². The van der Waals surface area contributed by atoms with Crippen molar-refractivity contribution >= 4 is 22.7 Å². The summed E-state index contributed by atoms with van der Waals surface area (Å²) in [5.74, 6) is -0.720. The Balaban J connectivity index is 1.42. The molecule has 1 heterocycles. The van der Waals surface area contributed by atoms with Gasteiger partial charge in [-0.05, 0) is 61.9 Å². The second-order valence-electron chi connectivity index (χ2n) is 11.8. The number of ether oxygens (including phenoxy) is 1. The number of hydrogen-bond donors (Lipinski definition) is 0. The normalized spacial score (nSPS) is 11.1. The number of unbranched alkanes of at least 4 members (excludes halogenated alkanes) is 8. The summed E-state index contributed by atoms with van der Waals surface area (Å²) < 4.78 is 5.59. The van der Waals surface area contributed by atoms with Crippen LogP contribution in [0.5, 0.6) is 0 Å². The van der Waals surface area contributed by atoms with Crippen LogP contribution < -0.4 is 0 Å². The van der Waals surface area contributed by atoms with Crippen LogP contribution in [0.1, 0.15) is 115 Å². The Morgan fingerprint density at radius 3 is 1.86 bits per heavy atom. The van der Waals surface area contributed by atoms with E-state index in [4.69, 9.17) is 9.72 Å². The Hall–Kier alpha value is -3.79. The van der Waals surface area contributed by atoms with Gasteiger partial charge in [-0.25, -0.2) is 9.78 Å². The molecule has 4 nitrogen and oxygen atoms in total. The van der Waals surface area contributed by atoms with Gasteiger partial charge in [-0.15, -0.1) is 0 Å². The average molecular weight is 578 g/mol. The molecule has 0 fully saturated rings. The number of Topliss-reactive ketones (excluding diaryl/α,β-unsaturated/α-hetero) is 1. The van der Waals surface area contributed by atoms with Crippen molar-refractivity contribution in [2.75, 3.05) is 6.61 Å². The van der Waals surface area contributed by atoms with Gasteiger partial charge in [-0.3, -0.25) is 4.79 Å². The van der Waals surface area contributed by atoms with E-state index in [-0.39, 0.29) is 12.4 Å². The molecule has 1 aromatic heterocycles. The molecule has 0 spiro atoms. The summed E-state index contributed by atoms with van der Waals surface area (Å²) in [6.07, 6.45) is 14.6. The van der Waals surface area contributed by atoms with Crippen molar-refractivity contribution in [2.45, 2.75) is 97.8 Å². The maximum Gasteiger partial charge on any atom is 0.339 e. The van der Waals surface area contributed by atoms with E-state index in [0.717, 1.165) is 47.0 Å². The maximum atomic E-state index is 13.4. The second-order valence-corrected chi connectivity index (χ2v) is 11.8. The molecular weight excluding hydrogens is 530 g/mol. The molecule has 0 atom stereocenters. The highest BCUT2D eigenvalue weighted by Crippen LogP contribution is 2.27. The predicted octanol–water partition coefficient (Wildman–Crippen LogP) is 10.3. The summed E-state index contributed by atoms with van der Waals surface area (Å²) in [5.41, 5.74) is 6.96. The SMILES string of the molecule is CCCCCCCc1ccc(C(=O)COC(=O)c2cc(-c3ccc(CCCCCCC)cc3)nc3ccc(C)cc23)cc1. The number of hydrogen-bond acceptors (Lipinski definition) is 4. The maximum absolute atomic E-state index is 13.4. The molecule has 0 unspecified atom stereocenters. The Bertz CT molecular complexity index is 1470. The van der Waals surface area contributed by atoms with Crippen LogP contribution >= 0.6 is 0 Å². The number of ketones is 1. The van der Waals surface area contributed by atoms with Crippen LogP contribution in [0, 0.1) is 6.92 Å². The first-order valence-electron chi connectivity index (χ1n) is 16.3. The smallest absolute Gasteiger partial charge is 0.339 e. The molecule has 226 valence electrons. The van der Waals surface area contributed by atoms with Gasteiger partial charge >= 0.3 is 5.97 Å². The van der Waals surface area contributed by atoms with Gasteiger partial charge in [0.2, 0.25) is 0 Å². The van der Waals surface area contributed by atoms with Gasteiger partial charge < -0.3 is 4.74 Å². The summed E-state index contributed by atoms with van der Waals surface area (Å²) in [5, 5.41) is 0.730. The van der Waals surface area contributed by atoms with E-state index in [1.54, 1.807) is 6.07 Å². The van der Waals surface area contributed by atoms with E-state index in [9.17, 15) is 9.59 Å². The zero-order valence-electron chi connectivity index (χ0n) is 26.3. The van der Waals surface area contributed by atoms with Crippen molar-refractivity contribution in [1.82, 2.24) is 4.98 Å². The van der Waals surface area contributed by atoms with Crippen molar-refractivity contribution in [1.29, 1.82) is 0 Å². The number of esters is 1. The molecule has 0 saturated heterocycles. The minimum atomic E-state index is -0.514. The number of nitrogens with zero attached hydrogens (tertiary/aromatic N) is 1. The summed E-state index contributed by atoms with van der Waals surface area (Å²) >= 11 is 0. The third kappa shape index (κ3) is 9.61. The first-order valence-corrected chi connectivity index (χ1v) is 16.3. The number of carbonyl (C=O) groups excluding carboxylic acids is 2. The highest BCUT2D eigenvalue weighted by atomic mass is 16.5. The van der Waals surface area contributed by atoms with Crippen molar-refractivity contribution in [2.24, 2.45) is 0 Å². The molecule has 43 heavy (non-hydrogen) atoms. The molecule has 0 radical (unpaired) electrons. The van der Waals surface area contributed by atoms with E-state index in [2.05, 4.69) is 38.1 Å². The molecule has 0 aliphatic heterocycles. The summed E-state index contributed by atoms with van der Waals surface area (Å²) in [6.45, 7) is 6.15. The van der Waals surface area contributed by atoms with Crippen molar-refractivity contribution in [3.63, 3.8) is 0 Å². The first kappa shape index (κ1) is 32.1. The molecule has 4 heteroatoms. The van der Waals surface area contributed by atoms with Gasteiger partial charge in [0.1, 0.15) is 0 Å². The molecule has 0 saturated carbocycles. The van der Waals surface area contributed by atoms with Gasteiger partial charge in [0.05, 0.1) is 16.8 Å². The van der Waals surface area contributed by atoms with E-state index >= 15 is 0 Å². The van der Waals surface area contributed by atoms with Crippen LogP contribution in [0.3, 0.4) is 0 Å². The van der Waals surface area contributed by atoms with Gasteiger partial charge in [0.15, 0.2) is 12.4 Å². The van der Waals surface area contributed by atoms with Gasteiger partial charge in [0, 0.05) is 16.5 Å². The fraction of sp³-hybridized carbons (Fsp3) is 0.410. The Labute approximate surface area is 257 Å². The lowest BCUT2D eigenvalue weighted by molar-refractivity contribution is 0.0476. The van der Waals surface area contributed by atoms with E-state index in [0.29, 0.717) is 11.1 Å². The lowest BCUT2D eigenvalue weighted by atomic mass is 10.0. The zero-order valence-corrected chi connectivity index (χ0v) is 26.3. The number of rotatable bonds is 17. The number of fused-ring (bicyclic) bond motifs is 1. The predicted molar refractivity (Wildman–Crippen MR) is 178 cm³/mol. The van der Waals surface area contributed by atoms with E-state index in [1.165, 1.54) is 68.9 Å². The number of aryl methyl sites for hydroxylation is 3. The second kappa shape index (κ2) is 16.7.